The minimum atomic E-state index is -0.688. The first-order valence-corrected chi connectivity index (χ1v) is 5.69. The van der Waals surface area contributed by atoms with Crippen LogP contribution in [0.3, 0.4) is 0 Å². The van der Waals surface area contributed by atoms with Crippen molar-refractivity contribution in [3.8, 4) is 0 Å². The smallest absolute Gasteiger partial charge is 0.253 e. The summed E-state index contributed by atoms with van der Waals surface area (Å²) in [6.45, 7) is 3.77. The maximum absolute atomic E-state index is 13.2. The summed E-state index contributed by atoms with van der Waals surface area (Å²) in [4.78, 5) is 11.8. The Morgan fingerprint density at radius 1 is 1.41 bits per heavy atom. The molecule has 0 atom stereocenters. The molecule has 6 heteroatoms. The highest BCUT2D eigenvalue weighted by molar-refractivity contribution is 6.36. The van der Waals surface area contributed by atoms with E-state index >= 15 is 0 Å². The van der Waals surface area contributed by atoms with Crippen molar-refractivity contribution in [2.45, 2.75) is 19.4 Å². The summed E-state index contributed by atoms with van der Waals surface area (Å²) in [5.41, 5.74) is 4.93. The Bertz CT molecular complexity index is 449. The average molecular weight is 279 g/mol. The monoisotopic (exact) mass is 278 g/mol. The van der Waals surface area contributed by atoms with Crippen LogP contribution in [0.4, 0.5) is 4.39 Å². The molecule has 1 amide bonds. The zero-order valence-electron chi connectivity index (χ0n) is 9.48. The third kappa shape index (κ3) is 3.56. The molecule has 17 heavy (non-hydrogen) atoms. The Kier molecular flexibility index (Phi) is 4.36. The van der Waals surface area contributed by atoms with Gasteiger partial charge in [0.1, 0.15) is 5.82 Å². The van der Waals surface area contributed by atoms with Gasteiger partial charge in [0.25, 0.3) is 5.91 Å². The molecule has 94 valence electrons. The molecule has 3 N–H and O–H groups in total. The Morgan fingerprint density at radius 3 is 2.53 bits per heavy atom. The highest BCUT2D eigenvalue weighted by atomic mass is 35.5. The second kappa shape index (κ2) is 5.21. The molecule has 1 rings (SSSR count). The van der Waals surface area contributed by atoms with E-state index in [1.165, 1.54) is 6.07 Å². The average Bonchev–Trinajstić information content (AvgIpc) is 2.22. The van der Waals surface area contributed by atoms with Gasteiger partial charge in [0.2, 0.25) is 0 Å². The molecule has 0 bridgehead atoms. The summed E-state index contributed by atoms with van der Waals surface area (Å²) in [5, 5.41) is 2.63. The van der Waals surface area contributed by atoms with Crippen molar-refractivity contribution in [2.24, 2.45) is 5.73 Å². The normalized spacial score (nSPS) is 11.4. The maximum atomic E-state index is 13.2. The topological polar surface area (TPSA) is 55.1 Å². The van der Waals surface area contributed by atoms with Gasteiger partial charge < -0.3 is 11.1 Å². The van der Waals surface area contributed by atoms with E-state index < -0.39 is 17.3 Å². The Morgan fingerprint density at radius 2 is 2.00 bits per heavy atom. The van der Waals surface area contributed by atoms with E-state index in [4.69, 9.17) is 28.9 Å². The Balaban J connectivity index is 3.01. The molecule has 0 radical (unpaired) electrons. The number of carbonyl (C=O) groups is 1. The first-order chi connectivity index (χ1) is 7.76. The largest absolute Gasteiger partial charge is 0.346 e. The van der Waals surface area contributed by atoms with Crippen LogP contribution in [0.15, 0.2) is 12.1 Å². The Labute approximate surface area is 109 Å². The van der Waals surface area contributed by atoms with Crippen LogP contribution >= 0.6 is 23.2 Å². The molecule has 3 nitrogen and oxygen atoms in total. The van der Waals surface area contributed by atoms with E-state index in [-0.39, 0.29) is 22.2 Å². The lowest BCUT2D eigenvalue weighted by Crippen LogP contribution is -2.48. The molecule has 1 aromatic carbocycles. The van der Waals surface area contributed by atoms with E-state index in [9.17, 15) is 9.18 Å². The van der Waals surface area contributed by atoms with E-state index in [1.807, 2.05) is 0 Å². The van der Waals surface area contributed by atoms with E-state index in [0.717, 1.165) is 6.07 Å². The number of hydrogen-bond acceptors (Lipinski definition) is 2. The lowest BCUT2D eigenvalue weighted by Gasteiger charge is -2.24. The fourth-order valence-electron chi connectivity index (χ4n) is 1.12. The summed E-state index contributed by atoms with van der Waals surface area (Å²) in [6, 6.07) is 2.20. The third-order valence-electron chi connectivity index (χ3n) is 2.22. The molecule has 0 saturated heterocycles. The van der Waals surface area contributed by atoms with Crippen molar-refractivity contribution in [1.82, 2.24) is 5.32 Å². The second-order valence-corrected chi connectivity index (χ2v) is 5.10. The van der Waals surface area contributed by atoms with Crippen molar-refractivity contribution in [3.63, 3.8) is 0 Å². The number of nitrogens with one attached hydrogen (secondary N) is 1. The van der Waals surface area contributed by atoms with Crippen LogP contribution in [0, 0.1) is 5.82 Å². The van der Waals surface area contributed by atoms with Crippen molar-refractivity contribution in [3.05, 3.63) is 33.6 Å². The molecular weight excluding hydrogens is 266 g/mol. The fraction of sp³-hybridized carbons (Fsp3) is 0.364. The van der Waals surface area contributed by atoms with E-state index in [0.29, 0.717) is 0 Å². The number of amides is 1. The molecule has 1 aromatic rings. The molecule has 0 spiro atoms. The van der Waals surface area contributed by atoms with Gasteiger partial charge in [-0.25, -0.2) is 4.39 Å². The molecule has 0 aliphatic rings. The molecule has 0 fully saturated rings. The third-order valence-corrected chi connectivity index (χ3v) is 2.82. The van der Waals surface area contributed by atoms with Gasteiger partial charge in [-0.15, -0.1) is 0 Å². The predicted octanol–water partition coefficient (Wildman–Crippen LogP) is 2.60. The summed E-state index contributed by atoms with van der Waals surface area (Å²) >= 11 is 11.4. The minimum absolute atomic E-state index is 0.0371. The first-order valence-electron chi connectivity index (χ1n) is 4.94. The molecular formula is C11H13Cl2FN2O. The van der Waals surface area contributed by atoms with Gasteiger partial charge in [-0.2, -0.15) is 0 Å². The molecule has 0 saturated carbocycles. The van der Waals surface area contributed by atoms with Crippen LogP contribution in [-0.4, -0.2) is 18.0 Å². The lowest BCUT2D eigenvalue weighted by atomic mass is 10.1. The second-order valence-electron chi connectivity index (χ2n) is 4.29. The number of benzene rings is 1. The van der Waals surface area contributed by atoms with E-state index in [2.05, 4.69) is 5.32 Å². The zero-order valence-corrected chi connectivity index (χ0v) is 11.0. The zero-order chi connectivity index (χ0) is 13.2. The molecule has 0 unspecified atom stereocenters. The van der Waals surface area contributed by atoms with Crippen LogP contribution in [0.2, 0.25) is 10.0 Å². The van der Waals surface area contributed by atoms with Gasteiger partial charge in [0.15, 0.2) is 0 Å². The molecule has 0 aliphatic heterocycles. The van der Waals surface area contributed by atoms with Gasteiger partial charge in [0.05, 0.1) is 15.6 Å². The predicted molar refractivity (Wildman–Crippen MR) is 67.0 cm³/mol. The number of rotatable bonds is 3. The SMILES string of the molecule is CC(C)(CN)NC(=O)c1cc(F)c(Cl)cc1Cl. The summed E-state index contributed by atoms with van der Waals surface area (Å²) in [5.74, 6) is -1.17. The van der Waals surface area contributed by atoms with Gasteiger partial charge >= 0.3 is 0 Å². The molecule has 0 heterocycles. The van der Waals surface area contributed by atoms with Gasteiger partial charge in [-0.3, -0.25) is 4.79 Å². The molecule has 0 aliphatic carbocycles. The highest BCUT2D eigenvalue weighted by Crippen LogP contribution is 2.24. The van der Waals surface area contributed by atoms with E-state index in [1.54, 1.807) is 13.8 Å². The van der Waals surface area contributed by atoms with Crippen LogP contribution in [0.25, 0.3) is 0 Å². The number of hydrogen-bond donors (Lipinski definition) is 2. The standard InChI is InChI=1S/C11H13Cl2FN2O/c1-11(2,5-15)16-10(17)6-3-9(14)8(13)4-7(6)12/h3-4H,5,15H2,1-2H3,(H,16,17). The molecule has 0 aromatic heterocycles. The lowest BCUT2D eigenvalue weighted by molar-refractivity contribution is 0.0915. The van der Waals surface area contributed by atoms with Gasteiger partial charge in [-0.1, -0.05) is 23.2 Å². The maximum Gasteiger partial charge on any atom is 0.253 e. The van der Waals surface area contributed by atoms with Gasteiger partial charge in [-0.05, 0) is 26.0 Å². The number of nitrogens with two attached hydrogens (primary N) is 1. The van der Waals surface area contributed by atoms with Crippen LogP contribution in [0.1, 0.15) is 24.2 Å². The van der Waals surface area contributed by atoms with Crippen molar-refractivity contribution >= 4 is 29.1 Å². The fourth-order valence-corrected chi connectivity index (χ4v) is 1.59. The number of carbonyl (C=O) groups excluding carboxylic acids is 1. The first kappa shape index (κ1) is 14.2. The number of halogens is 3. The van der Waals surface area contributed by atoms with Crippen molar-refractivity contribution in [2.75, 3.05) is 6.54 Å². The summed E-state index contributed by atoms with van der Waals surface area (Å²) < 4.78 is 13.2. The van der Waals surface area contributed by atoms with Crippen molar-refractivity contribution < 1.29 is 9.18 Å². The van der Waals surface area contributed by atoms with Crippen LogP contribution in [0.5, 0.6) is 0 Å². The quantitative estimate of drug-likeness (QED) is 0.835. The summed E-state index contributed by atoms with van der Waals surface area (Å²) in [6.07, 6.45) is 0. The highest BCUT2D eigenvalue weighted by Gasteiger charge is 2.21. The summed E-state index contributed by atoms with van der Waals surface area (Å²) in [7, 11) is 0. The van der Waals surface area contributed by atoms with Crippen LogP contribution in [-0.2, 0) is 0 Å². The van der Waals surface area contributed by atoms with Crippen LogP contribution < -0.4 is 11.1 Å². The minimum Gasteiger partial charge on any atom is -0.346 e. The van der Waals surface area contributed by atoms with Gasteiger partial charge in [0, 0.05) is 12.1 Å². The Hall–Kier alpha value is -0.840. The van der Waals surface area contributed by atoms with Crippen molar-refractivity contribution in [1.29, 1.82) is 0 Å².